The molecule has 2 aliphatic heterocycles. The highest BCUT2D eigenvalue weighted by Gasteiger charge is 2.36. The van der Waals surface area contributed by atoms with Gasteiger partial charge in [0.15, 0.2) is 5.76 Å². The zero-order valence-electron chi connectivity index (χ0n) is 16.6. The normalized spacial score (nSPS) is 24.2. The Balaban J connectivity index is 1.33. The maximum Gasteiger partial charge on any atom is 0.289 e. The molecule has 28 heavy (non-hydrogen) atoms. The molecule has 7 nitrogen and oxygen atoms in total. The van der Waals surface area contributed by atoms with Crippen molar-refractivity contribution in [2.75, 3.05) is 26.2 Å². The standard InChI is InChI=1S/C21H29N3O4/c1-14-5-7-23(8-6-14)12-17-3-4-20(27-17)21(26)24-11-16(19(25)13-24)10-18-9-15(2)22-28-18/h3-4,9,14,16,19,25H,5-8,10-13H2,1-2H3/t16-,19-/m1/s1. The van der Waals surface area contributed by atoms with Gasteiger partial charge in [-0.15, -0.1) is 0 Å². The Bertz CT molecular complexity index is 806. The number of nitrogens with zero attached hydrogens (tertiary/aromatic N) is 3. The molecule has 0 aliphatic carbocycles. The third-order valence-electron chi connectivity index (χ3n) is 5.96. The highest BCUT2D eigenvalue weighted by Crippen LogP contribution is 2.25. The van der Waals surface area contributed by atoms with Crippen molar-refractivity contribution in [1.29, 1.82) is 0 Å². The number of aromatic nitrogens is 1. The van der Waals surface area contributed by atoms with Gasteiger partial charge in [0.2, 0.25) is 0 Å². The van der Waals surface area contributed by atoms with Crippen LogP contribution in [0, 0.1) is 18.8 Å². The molecule has 0 saturated carbocycles. The van der Waals surface area contributed by atoms with E-state index in [0.717, 1.165) is 42.8 Å². The monoisotopic (exact) mass is 387 g/mol. The predicted octanol–water partition coefficient (Wildman–Crippen LogP) is 2.48. The zero-order chi connectivity index (χ0) is 19.7. The van der Waals surface area contributed by atoms with Crippen LogP contribution in [0.3, 0.4) is 0 Å². The second-order valence-corrected chi connectivity index (χ2v) is 8.40. The molecule has 2 saturated heterocycles. The molecule has 2 aromatic heterocycles. The van der Waals surface area contributed by atoms with Gasteiger partial charge in [0.05, 0.1) is 18.3 Å². The van der Waals surface area contributed by atoms with E-state index in [-0.39, 0.29) is 11.8 Å². The molecule has 1 amide bonds. The van der Waals surface area contributed by atoms with Crippen molar-refractivity contribution in [2.24, 2.45) is 11.8 Å². The van der Waals surface area contributed by atoms with Crippen LogP contribution in [-0.4, -0.2) is 58.3 Å². The first-order valence-electron chi connectivity index (χ1n) is 10.2. The molecule has 152 valence electrons. The molecule has 4 rings (SSSR count). The number of hydrogen-bond acceptors (Lipinski definition) is 6. The fourth-order valence-electron chi connectivity index (χ4n) is 4.17. The number of carbonyl (C=O) groups is 1. The minimum Gasteiger partial charge on any atom is -0.455 e. The third-order valence-corrected chi connectivity index (χ3v) is 5.96. The van der Waals surface area contributed by atoms with Crippen molar-refractivity contribution >= 4 is 5.91 Å². The van der Waals surface area contributed by atoms with E-state index < -0.39 is 6.10 Å². The van der Waals surface area contributed by atoms with Crippen molar-refractivity contribution in [2.45, 2.75) is 45.8 Å². The van der Waals surface area contributed by atoms with Crippen LogP contribution in [0.2, 0.25) is 0 Å². The summed E-state index contributed by atoms with van der Waals surface area (Å²) in [5.41, 5.74) is 0.821. The lowest BCUT2D eigenvalue weighted by Crippen LogP contribution is -2.32. The predicted molar refractivity (Wildman–Crippen MR) is 103 cm³/mol. The Morgan fingerprint density at radius 3 is 2.75 bits per heavy atom. The van der Waals surface area contributed by atoms with E-state index in [0.29, 0.717) is 25.3 Å². The summed E-state index contributed by atoms with van der Waals surface area (Å²) in [5.74, 6) is 2.50. The van der Waals surface area contributed by atoms with Crippen LogP contribution in [0.15, 0.2) is 27.1 Å². The molecule has 4 heterocycles. The summed E-state index contributed by atoms with van der Waals surface area (Å²) >= 11 is 0. The van der Waals surface area contributed by atoms with Crippen LogP contribution in [0.5, 0.6) is 0 Å². The second kappa shape index (κ2) is 8.09. The highest BCUT2D eigenvalue weighted by molar-refractivity contribution is 5.91. The van der Waals surface area contributed by atoms with E-state index in [4.69, 9.17) is 8.94 Å². The maximum absolute atomic E-state index is 12.8. The molecular weight excluding hydrogens is 358 g/mol. The van der Waals surface area contributed by atoms with Crippen molar-refractivity contribution in [3.63, 3.8) is 0 Å². The first-order valence-corrected chi connectivity index (χ1v) is 10.2. The lowest BCUT2D eigenvalue weighted by Gasteiger charge is -2.29. The minimum atomic E-state index is -0.570. The maximum atomic E-state index is 12.8. The summed E-state index contributed by atoms with van der Waals surface area (Å²) in [6, 6.07) is 5.52. The Labute approximate surface area is 165 Å². The van der Waals surface area contributed by atoms with Gasteiger partial charge in [0, 0.05) is 31.5 Å². The number of furan rings is 1. The van der Waals surface area contributed by atoms with Gasteiger partial charge < -0.3 is 18.9 Å². The molecule has 2 aliphatic rings. The quantitative estimate of drug-likeness (QED) is 0.849. The summed E-state index contributed by atoms with van der Waals surface area (Å²) in [5, 5.41) is 14.3. The first-order chi connectivity index (χ1) is 13.5. The first kappa shape index (κ1) is 19.2. The number of aryl methyl sites for hydroxylation is 1. The molecule has 0 unspecified atom stereocenters. The number of likely N-dealkylation sites (tertiary alicyclic amines) is 2. The summed E-state index contributed by atoms with van der Waals surface area (Å²) in [6.07, 6.45) is 2.43. The molecule has 0 radical (unpaired) electrons. The molecule has 2 aromatic rings. The summed E-state index contributed by atoms with van der Waals surface area (Å²) in [7, 11) is 0. The Morgan fingerprint density at radius 2 is 2.04 bits per heavy atom. The van der Waals surface area contributed by atoms with Crippen LogP contribution < -0.4 is 0 Å². The van der Waals surface area contributed by atoms with E-state index in [2.05, 4.69) is 17.0 Å². The summed E-state index contributed by atoms with van der Waals surface area (Å²) in [6.45, 7) is 7.86. The van der Waals surface area contributed by atoms with Crippen LogP contribution in [0.1, 0.15) is 47.5 Å². The molecule has 0 bridgehead atoms. The molecule has 2 fully saturated rings. The smallest absolute Gasteiger partial charge is 0.289 e. The largest absolute Gasteiger partial charge is 0.455 e. The Hall–Kier alpha value is -2.12. The van der Waals surface area contributed by atoms with Gasteiger partial charge in [0.25, 0.3) is 5.91 Å². The average molecular weight is 387 g/mol. The number of amides is 1. The van der Waals surface area contributed by atoms with Gasteiger partial charge >= 0.3 is 0 Å². The second-order valence-electron chi connectivity index (χ2n) is 8.40. The minimum absolute atomic E-state index is 0.0546. The number of piperidine rings is 1. The number of hydrogen-bond donors (Lipinski definition) is 1. The van der Waals surface area contributed by atoms with Crippen molar-refractivity contribution in [1.82, 2.24) is 15.0 Å². The van der Waals surface area contributed by atoms with Gasteiger partial charge in [-0.05, 0) is 50.9 Å². The van der Waals surface area contributed by atoms with Crippen LogP contribution >= 0.6 is 0 Å². The van der Waals surface area contributed by atoms with Crippen molar-refractivity contribution < 1.29 is 18.8 Å². The Morgan fingerprint density at radius 1 is 1.25 bits per heavy atom. The van der Waals surface area contributed by atoms with Crippen LogP contribution in [-0.2, 0) is 13.0 Å². The number of β-amino-alcohol motifs (C(OH)–C–C–N with tert-alkyl or cyclic N) is 1. The number of aliphatic hydroxyl groups excluding tert-OH is 1. The zero-order valence-corrected chi connectivity index (χ0v) is 16.6. The van der Waals surface area contributed by atoms with E-state index in [1.165, 1.54) is 12.8 Å². The SMILES string of the molecule is Cc1cc(C[C@@H]2CN(C(=O)c3ccc(CN4CCC(C)CC4)o3)C[C@H]2O)on1. The van der Waals surface area contributed by atoms with E-state index in [1.807, 2.05) is 19.1 Å². The van der Waals surface area contributed by atoms with Gasteiger partial charge in [-0.3, -0.25) is 9.69 Å². The molecule has 7 heteroatoms. The van der Waals surface area contributed by atoms with Gasteiger partial charge in [-0.25, -0.2) is 0 Å². The van der Waals surface area contributed by atoms with E-state index in [1.54, 1.807) is 11.0 Å². The number of rotatable bonds is 5. The highest BCUT2D eigenvalue weighted by atomic mass is 16.5. The van der Waals surface area contributed by atoms with Crippen LogP contribution in [0.25, 0.3) is 0 Å². The number of aliphatic hydroxyl groups is 1. The fraction of sp³-hybridized carbons (Fsp3) is 0.619. The van der Waals surface area contributed by atoms with E-state index in [9.17, 15) is 9.90 Å². The molecule has 0 aromatic carbocycles. The number of carbonyl (C=O) groups excluding carboxylic acids is 1. The topological polar surface area (TPSA) is 83.0 Å². The molecular formula is C21H29N3O4. The lowest BCUT2D eigenvalue weighted by molar-refractivity contribution is 0.0728. The van der Waals surface area contributed by atoms with Crippen molar-refractivity contribution in [3.05, 3.63) is 41.2 Å². The molecule has 1 N–H and O–H groups in total. The van der Waals surface area contributed by atoms with Crippen LogP contribution in [0.4, 0.5) is 0 Å². The fourth-order valence-corrected chi connectivity index (χ4v) is 4.17. The third kappa shape index (κ3) is 4.31. The van der Waals surface area contributed by atoms with Gasteiger partial charge in [-0.2, -0.15) is 0 Å². The molecule has 0 spiro atoms. The van der Waals surface area contributed by atoms with E-state index >= 15 is 0 Å². The summed E-state index contributed by atoms with van der Waals surface area (Å²) in [4.78, 5) is 16.9. The van der Waals surface area contributed by atoms with Crippen molar-refractivity contribution in [3.8, 4) is 0 Å². The van der Waals surface area contributed by atoms with Gasteiger partial charge in [-0.1, -0.05) is 12.1 Å². The summed E-state index contributed by atoms with van der Waals surface area (Å²) < 4.78 is 11.1. The lowest BCUT2D eigenvalue weighted by atomic mass is 9.99. The molecule has 2 atom stereocenters. The average Bonchev–Trinajstić information content (AvgIpc) is 3.38. The van der Waals surface area contributed by atoms with Gasteiger partial charge in [0.1, 0.15) is 11.5 Å². The Kier molecular flexibility index (Phi) is 5.55.